The number of ether oxygens (including phenoxy) is 1. The first kappa shape index (κ1) is 15.7. The topological polar surface area (TPSA) is 69.0 Å². The van der Waals surface area contributed by atoms with Crippen LogP contribution in [0.25, 0.3) is 0 Å². The lowest BCUT2D eigenvalue weighted by molar-refractivity contribution is 0.0941. The summed E-state index contributed by atoms with van der Waals surface area (Å²) in [6, 6.07) is 10.7. The van der Waals surface area contributed by atoms with E-state index in [0.717, 1.165) is 17.1 Å². The van der Waals surface area contributed by atoms with E-state index in [2.05, 4.69) is 15.3 Å². The van der Waals surface area contributed by atoms with E-state index in [1.165, 1.54) is 0 Å². The minimum Gasteiger partial charge on any atom is -0.497 e. The predicted octanol–water partition coefficient (Wildman–Crippen LogP) is 2.34. The normalized spacial score (nSPS) is 11.8. The Kier molecular flexibility index (Phi) is 4.56. The zero-order valence-electron chi connectivity index (χ0n) is 13.5. The van der Waals surface area contributed by atoms with E-state index in [-0.39, 0.29) is 11.9 Å². The molecule has 2 aromatic heterocycles. The number of carbonyl (C=O) groups excluding carboxylic acids is 1. The van der Waals surface area contributed by atoms with Crippen LogP contribution in [0.1, 0.15) is 27.8 Å². The first-order valence-electron chi connectivity index (χ1n) is 7.51. The van der Waals surface area contributed by atoms with Crippen molar-refractivity contribution in [2.45, 2.75) is 6.04 Å². The number of carbonyl (C=O) groups is 1. The van der Waals surface area contributed by atoms with Crippen molar-refractivity contribution in [2.24, 2.45) is 7.05 Å². The quantitative estimate of drug-likeness (QED) is 0.783. The minimum absolute atomic E-state index is 0.202. The van der Waals surface area contributed by atoms with Crippen LogP contribution < -0.4 is 10.1 Å². The molecule has 6 heteroatoms. The summed E-state index contributed by atoms with van der Waals surface area (Å²) in [5, 5.41) is 3.03. The van der Waals surface area contributed by atoms with Gasteiger partial charge in [-0.15, -0.1) is 0 Å². The maximum atomic E-state index is 12.5. The van der Waals surface area contributed by atoms with E-state index in [9.17, 15) is 4.79 Å². The SMILES string of the molecule is COc1ccc([C@@H](NC(=O)c2cccnc2)c2nccn2C)cc1. The lowest BCUT2D eigenvalue weighted by Crippen LogP contribution is -2.31. The van der Waals surface area contributed by atoms with Gasteiger partial charge in [0.2, 0.25) is 0 Å². The number of methoxy groups -OCH3 is 1. The van der Waals surface area contributed by atoms with E-state index < -0.39 is 0 Å². The van der Waals surface area contributed by atoms with Crippen LogP contribution >= 0.6 is 0 Å². The van der Waals surface area contributed by atoms with Crippen LogP contribution in [0.2, 0.25) is 0 Å². The molecule has 0 radical (unpaired) electrons. The Labute approximate surface area is 140 Å². The van der Waals surface area contributed by atoms with Crippen LogP contribution in [0.15, 0.2) is 61.2 Å². The van der Waals surface area contributed by atoms with Gasteiger partial charge >= 0.3 is 0 Å². The Balaban J connectivity index is 1.93. The Hall–Kier alpha value is -3.15. The second-order valence-corrected chi connectivity index (χ2v) is 5.32. The van der Waals surface area contributed by atoms with Crippen molar-refractivity contribution in [2.75, 3.05) is 7.11 Å². The summed E-state index contributed by atoms with van der Waals surface area (Å²) < 4.78 is 7.08. The number of pyridine rings is 1. The molecule has 0 fully saturated rings. The molecule has 6 nitrogen and oxygen atoms in total. The van der Waals surface area contributed by atoms with Gasteiger partial charge in [0.25, 0.3) is 5.91 Å². The molecule has 0 saturated carbocycles. The molecule has 3 aromatic rings. The van der Waals surface area contributed by atoms with Gasteiger partial charge in [0, 0.05) is 31.8 Å². The van der Waals surface area contributed by atoms with Crippen molar-refractivity contribution >= 4 is 5.91 Å². The fourth-order valence-corrected chi connectivity index (χ4v) is 2.46. The summed E-state index contributed by atoms with van der Waals surface area (Å²) in [4.78, 5) is 20.9. The van der Waals surface area contributed by atoms with Crippen LogP contribution in [0.3, 0.4) is 0 Å². The largest absolute Gasteiger partial charge is 0.497 e. The number of hydrogen-bond donors (Lipinski definition) is 1. The van der Waals surface area contributed by atoms with Gasteiger partial charge in [-0.2, -0.15) is 0 Å². The number of imidazole rings is 1. The van der Waals surface area contributed by atoms with Crippen molar-refractivity contribution in [3.8, 4) is 5.75 Å². The molecule has 2 heterocycles. The second-order valence-electron chi connectivity index (χ2n) is 5.32. The molecule has 0 saturated heterocycles. The fraction of sp³-hybridized carbons (Fsp3) is 0.167. The summed E-state index contributed by atoms with van der Waals surface area (Å²) in [7, 11) is 3.52. The molecular formula is C18H18N4O2. The van der Waals surface area contributed by atoms with Crippen molar-refractivity contribution in [3.05, 3.63) is 78.1 Å². The van der Waals surface area contributed by atoms with E-state index in [0.29, 0.717) is 5.56 Å². The van der Waals surface area contributed by atoms with Gasteiger partial charge in [-0.1, -0.05) is 12.1 Å². The van der Waals surface area contributed by atoms with Crippen LogP contribution in [0.5, 0.6) is 5.75 Å². The summed E-state index contributed by atoms with van der Waals surface area (Å²) in [6.07, 6.45) is 6.74. The molecule has 0 aliphatic heterocycles. The van der Waals surface area contributed by atoms with Crippen LogP contribution in [0, 0.1) is 0 Å². The highest BCUT2D eigenvalue weighted by Gasteiger charge is 2.21. The number of hydrogen-bond acceptors (Lipinski definition) is 4. The highest BCUT2D eigenvalue weighted by atomic mass is 16.5. The van der Waals surface area contributed by atoms with E-state index >= 15 is 0 Å². The van der Waals surface area contributed by atoms with Gasteiger partial charge < -0.3 is 14.6 Å². The number of rotatable bonds is 5. The average Bonchev–Trinajstić information content (AvgIpc) is 3.06. The monoisotopic (exact) mass is 322 g/mol. The van der Waals surface area contributed by atoms with Crippen LogP contribution in [-0.4, -0.2) is 27.6 Å². The molecule has 122 valence electrons. The third kappa shape index (κ3) is 3.27. The lowest BCUT2D eigenvalue weighted by atomic mass is 10.1. The highest BCUT2D eigenvalue weighted by Crippen LogP contribution is 2.23. The van der Waals surface area contributed by atoms with Gasteiger partial charge in [0.1, 0.15) is 17.6 Å². The first-order chi connectivity index (χ1) is 11.7. The van der Waals surface area contributed by atoms with E-state index in [4.69, 9.17) is 4.74 Å². The van der Waals surface area contributed by atoms with Crippen molar-refractivity contribution < 1.29 is 9.53 Å². The maximum Gasteiger partial charge on any atom is 0.253 e. The van der Waals surface area contributed by atoms with Crippen molar-refractivity contribution in [1.82, 2.24) is 19.9 Å². The van der Waals surface area contributed by atoms with Gasteiger partial charge in [0.15, 0.2) is 0 Å². The molecule has 24 heavy (non-hydrogen) atoms. The molecule has 3 rings (SSSR count). The third-order valence-corrected chi connectivity index (χ3v) is 3.76. The van der Waals surface area contributed by atoms with Crippen LogP contribution in [0.4, 0.5) is 0 Å². The highest BCUT2D eigenvalue weighted by molar-refractivity contribution is 5.94. The minimum atomic E-state index is -0.372. The molecule has 1 amide bonds. The molecular weight excluding hydrogens is 304 g/mol. The molecule has 0 bridgehead atoms. The van der Waals surface area contributed by atoms with Gasteiger partial charge in [-0.3, -0.25) is 9.78 Å². The Bertz CT molecular complexity index is 813. The number of amides is 1. The first-order valence-corrected chi connectivity index (χ1v) is 7.51. The molecule has 0 spiro atoms. The van der Waals surface area contributed by atoms with Gasteiger partial charge in [-0.25, -0.2) is 4.98 Å². The molecule has 1 atom stereocenters. The molecule has 0 unspecified atom stereocenters. The standard InChI is InChI=1S/C18H18N4O2/c1-22-11-10-20-17(22)16(13-5-7-15(24-2)8-6-13)21-18(23)14-4-3-9-19-12-14/h3-12,16H,1-2H3,(H,21,23)/t16-/m1/s1. The number of aryl methyl sites for hydroxylation is 1. The van der Waals surface area contributed by atoms with E-state index in [1.54, 1.807) is 37.8 Å². The zero-order valence-corrected chi connectivity index (χ0v) is 13.5. The predicted molar refractivity (Wildman–Crippen MR) is 89.7 cm³/mol. The smallest absolute Gasteiger partial charge is 0.253 e. The number of benzene rings is 1. The van der Waals surface area contributed by atoms with Crippen molar-refractivity contribution in [1.29, 1.82) is 0 Å². The second kappa shape index (κ2) is 6.95. The average molecular weight is 322 g/mol. The Morgan fingerprint density at radius 2 is 2.00 bits per heavy atom. The van der Waals surface area contributed by atoms with E-state index in [1.807, 2.05) is 42.1 Å². The molecule has 1 aromatic carbocycles. The number of nitrogens with one attached hydrogen (secondary N) is 1. The Morgan fingerprint density at radius 1 is 1.21 bits per heavy atom. The summed E-state index contributed by atoms with van der Waals surface area (Å²) in [6.45, 7) is 0. The molecule has 0 aliphatic rings. The molecule has 1 N–H and O–H groups in total. The van der Waals surface area contributed by atoms with Gasteiger partial charge in [0.05, 0.1) is 12.7 Å². The zero-order chi connectivity index (χ0) is 16.9. The fourth-order valence-electron chi connectivity index (χ4n) is 2.46. The third-order valence-electron chi connectivity index (χ3n) is 3.76. The molecule has 0 aliphatic carbocycles. The van der Waals surface area contributed by atoms with Crippen molar-refractivity contribution in [3.63, 3.8) is 0 Å². The number of aromatic nitrogens is 3. The number of nitrogens with zero attached hydrogens (tertiary/aromatic N) is 3. The maximum absolute atomic E-state index is 12.5. The Morgan fingerprint density at radius 3 is 2.58 bits per heavy atom. The summed E-state index contributed by atoms with van der Waals surface area (Å²) >= 11 is 0. The van der Waals surface area contributed by atoms with Gasteiger partial charge in [-0.05, 0) is 29.8 Å². The van der Waals surface area contributed by atoms with Crippen LogP contribution in [-0.2, 0) is 7.05 Å². The lowest BCUT2D eigenvalue weighted by Gasteiger charge is -2.19. The summed E-state index contributed by atoms with van der Waals surface area (Å²) in [5.41, 5.74) is 1.42. The summed E-state index contributed by atoms with van der Waals surface area (Å²) in [5.74, 6) is 1.31.